The molecule has 7 atom stereocenters. The van der Waals surface area contributed by atoms with Gasteiger partial charge in [0.05, 0.1) is 40.7 Å². The van der Waals surface area contributed by atoms with Gasteiger partial charge < -0.3 is 23.8 Å². The third-order valence-corrected chi connectivity index (χ3v) is 14.4. The number of allylic oxidation sites excluding steroid dienone is 2. The van der Waals surface area contributed by atoms with Crippen LogP contribution in [-0.4, -0.2) is 91.3 Å². The number of esters is 2. The van der Waals surface area contributed by atoms with Crippen molar-refractivity contribution < 1.29 is 64.5 Å². The van der Waals surface area contributed by atoms with Crippen molar-refractivity contribution in [1.29, 1.82) is 0 Å². The highest BCUT2D eigenvalue weighted by molar-refractivity contribution is 7.91. The minimum absolute atomic E-state index is 0.0138. The van der Waals surface area contributed by atoms with E-state index in [1.165, 1.54) is 17.0 Å². The highest BCUT2D eigenvalue weighted by atomic mass is 32.2. The maximum Gasteiger partial charge on any atom is 0.427 e. The van der Waals surface area contributed by atoms with Crippen molar-refractivity contribution in [2.75, 3.05) is 19.8 Å². The normalized spacial score (nSPS) is 30.8. The van der Waals surface area contributed by atoms with Gasteiger partial charge in [-0.2, -0.15) is 13.2 Å². The molecule has 3 fully saturated rings. The molecule has 5 aliphatic rings. The molecule has 17 heteroatoms. The summed E-state index contributed by atoms with van der Waals surface area (Å²) in [5.41, 5.74) is -4.15. The molecule has 0 spiro atoms. The molecular weight excluding hydrogens is 774 g/mol. The molecular formula is C40H51F3N2O11S. The first kappa shape index (κ1) is 42.5. The van der Waals surface area contributed by atoms with Crippen LogP contribution in [0.2, 0.25) is 0 Å². The Kier molecular flexibility index (Phi) is 11.6. The van der Waals surface area contributed by atoms with E-state index in [2.05, 4.69) is 4.72 Å². The van der Waals surface area contributed by atoms with Gasteiger partial charge in [0.15, 0.2) is 17.3 Å². The molecule has 1 saturated heterocycles. The molecule has 0 radical (unpaired) electrons. The van der Waals surface area contributed by atoms with Gasteiger partial charge in [0.1, 0.15) is 19.3 Å². The maximum absolute atomic E-state index is 14.7. The van der Waals surface area contributed by atoms with Crippen LogP contribution in [0, 0.1) is 29.1 Å². The average Bonchev–Trinajstić information content (AvgIpc) is 4.01. The molecule has 6 rings (SSSR count). The van der Waals surface area contributed by atoms with Crippen LogP contribution >= 0.6 is 0 Å². The Labute approximate surface area is 330 Å². The Morgan fingerprint density at radius 2 is 1.72 bits per heavy atom. The van der Waals surface area contributed by atoms with Gasteiger partial charge in [-0.1, -0.05) is 26.0 Å². The van der Waals surface area contributed by atoms with Crippen LogP contribution in [0.4, 0.5) is 13.2 Å². The maximum atomic E-state index is 14.7. The summed E-state index contributed by atoms with van der Waals surface area (Å²) in [5, 5.41) is 0. The van der Waals surface area contributed by atoms with Gasteiger partial charge in [0.25, 0.3) is 0 Å². The first-order chi connectivity index (χ1) is 26.6. The number of nitrogens with one attached hydrogen (secondary N) is 1. The van der Waals surface area contributed by atoms with Crippen LogP contribution in [0.3, 0.4) is 0 Å². The number of rotatable bonds is 8. The predicted molar refractivity (Wildman–Crippen MR) is 197 cm³/mol. The first-order valence-corrected chi connectivity index (χ1v) is 21.0. The van der Waals surface area contributed by atoms with Gasteiger partial charge in [-0.05, 0) is 95.2 Å². The Bertz CT molecular complexity index is 1930. The summed E-state index contributed by atoms with van der Waals surface area (Å²) in [6.45, 7) is 6.96. The number of carbonyl (C=O) groups excluding carboxylic acids is 5. The molecule has 3 heterocycles. The number of ketones is 1. The van der Waals surface area contributed by atoms with Crippen molar-refractivity contribution in [3.05, 3.63) is 35.9 Å². The van der Waals surface area contributed by atoms with E-state index < -0.39 is 104 Å². The van der Waals surface area contributed by atoms with Crippen LogP contribution in [0.1, 0.15) is 103 Å². The Balaban J connectivity index is 1.31. The topological polar surface area (TPSA) is 172 Å². The van der Waals surface area contributed by atoms with Crippen molar-refractivity contribution in [3.63, 3.8) is 0 Å². The smallest absolute Gasteiger partial charge is 0.427 e. The summed E-state index contributed by atoms with van der Waals surface area (Å²) in [5.74, 6) is -5.61. The van der Waals surface area contributed by atoms with E-state index in [9.17, 15) is 45.6 Å². The molecule has 314 valence electrons. The molecule has 2 amide bonds. The fraction of sp³-hybridized carbons (Fsp3) is 0.675. The first-order valence-electron chi connectivity index (χ1n) is 19.5. The number of hydrogen-bond acceptors (Lipinski definition) is 11. The summed E-state index contributed by atoms with van der Waals surface area (Å²) < 4.78 is 90.5. The number of amides is 2. The summed E-state index contributed by atoms with van der Waals surface area (Å²) >= 11 is 0. The molecule has 0 unspecified atom stereocenters. The summed E-state index contributed by atoms with van der Waals surface area (Å²) in [6, 6.07) is 3.21. The lowest BCUT2D eigenvalue weighted by Crippen LogP contribution is -2.48. The van der Waals surface area contributed by atoms with Gasteiger partial charge in [-0.15, -0.1) is 0 Å². The number of halogens is 3. The van der Waals surface area contributed by atoms with Crippen LogP contribution in [-0.2, 0) is 38.7 Å². The van der Waals surface area contributed by atoms with E-state index in [1.54, 1.807) is 19.9 Å². The van der Waals surface area contributed by atoms with E-state index in [4.69, 9.17) is 18.9 Å². The molecule has 1 aromatic rings. The summed E-state index contributed by atoms with van der Waals surface area (Å²) in [7, 11) is -4.05. The second-order valence-electron chi connectivity index (χ2n) is 17.2. The highest BCUT2D eigenvalue weighted by Crippen LogP contribution is 2.58. The fourth-order valence-corrected chi connectivity index (χ4v) is 9.37. The third-order valence-electron chi connectivity index (χ3n) is 12.3. The van der Waals surface area contributed by atoms with Gasteiger partial charge in [0.2, 0.25) is 27.4 Å². The fourth-order valence-electron chi connectivity index (χ4n) is 8.04. The molecule has 2 aliphatic carbocycles. The number of fused-ring (bicyclic) bond motifs is 3. The Hall–Kier alpha value is -4.15. The molecule has 3 aliphatic heterocycles. The van der Waals surface area contributed by atoms with E-state index in [1.807, 2.05) is 19.1 Å². The van der Waals surface area contributed by atoms with Gasteiger partial charge in [0, 0.05) is 12.8 Å². The van der Waals surface area contributed by atoms with Crippen molar-refractivity contribution in [1.82, 2.24) is 9.62 Å². The zero-order valence-corrected chi connectivity index (χ0v) is 33.6. The molecule has 0 bridgehead atoms. The van der Waals surface area contributed by atoms with Crippen molar-refractivity contribution in [2.45, 2.75) is 121 Å². The molecule has 1 aromatic carbocycles. The van der Waals surface area contributed by atoms with Crippen LogP contribution in [0.5, 0.6) is 11.5 Å². The lowest BCUT2D eigenvalue weighted by atomic mass is 9.82. The standard InChI is InChI=1S/C40H51F3N2O11S/c1-23-8-6-7-9-26-20-39(26,36(50)44-57(51,52)38(5)12-13-38)21-30(46)29-18-27(55-35(49)25-10-11-31-32(17-25)54-15-14-53-31)22-45(29)34(48)28(24(2)16-23)19-33(47)56-37(3,4)40(41,42)43/h7,9-11,17,23-24,26-29H,6,8,12-16,18-22H2,1-5H3,(H,44,50)/b9-7-/t23-,24+,26+,27+,28-,29-,39+/m0/s1. The van der Waals surface area contributed by atoms with Crippen molar-refractivity contribution in [2.24, 2.45) is 29.1 Å². The Morgan fingerprint density at radius 1 is 1.04 bits per heavy atom. The molecule has 1 N–H and O–H groups in total. The lowest BCUT2D eigenvalue weighted by molar-refractivity contribution is -0.257. The van der Waals surface area contributed by atoms with Crippen LogP contribution in [0.25, 0.3) is 0 Å². The number of ether oxygens (including phenoxy) is 4. The van der Waals surface area contributed by atoms with Crippen molar-refractivity contribution >= 4 is 39.6 Å². The summed E-state index contributed by atoms with van der Waals surface area (Å²) in [6.07, 6.45) is -0.984. The van der Waals surface area contributed by atoms with Crippen LogP contribution < -0.4 is 14.2 Å². The number of benzene rings is 1. The summed E-state index contributed by atoms with van der Waals surface area (Å²) in [4.78, 5) is 70.9. The number of carbonyl (C=O) groups is 5. The zero-order valence-electron chi connectivity index (χ0n) is 32.8. The average molecular weight is 825 g/mol. The monoisotopic (exact) mass is 824 g/mol. The third kappa shape index (κ3) is 8.97. The number of Topliss-reactive ketones (excluding diaryl/α,β-unsaturated/α-hetero) is 1. The second-order valence-corrected chi connectivity index (χ2v) is 19.4. The van der Waals surface area contributed by atoms with E-state index in [0.717, 1.165) is 0 Å². The SMILES string of the molecule is C[C@H]1CC/C=C\[C@@H]2C[C@@]2(C(=O)NS(=O)(=O)C2(C)CC2)CC(=O)[C@@H]2C[C@@H](OC(=O)c3ccc4c(c3)OCCO4)CN2C(=O)[C@@H](CC(=O)OC(C)(C)C(F)(F)F)[C@H](C)C1. The molecule has 0 aromatic heterocycles. The van der Waals surface area contributed by atoms with Gasteiger partial charge >= 0.3 is 18.1 Å². The van der Waals surface area contributed by atoms with E-state index in [0.29, 0.717) is 64.1 Å². The molecule has 13 nitrogen and oxygen atoms in total. The number of alkyl halides is 3. The highest BCUT2D eigenvalue weighted by Gasteiger charge is 2.63. The van der Waals surface area contributed by atoms with Gasteiger partial charge in [-0.25, -0.2) is 13.2 Å². The lowest BCUT2D eigenvalue weighted by Gasteiger charge is -2.33. The largest absolute Gasteiger partial charge is 0.486 e. The van der Waals surface area contributed by atoms with Gasteiger partial charge in [-0.3, -0.25) is 23.9 Å². The minimum Gasteiger partial charge on any atom is -0.486 e. The van der Waals surface area contributed by atoms with E-state index >= 15 is 0 Å². The number of hydrogen-bond donors (Lipinski definition) is 1. The zero-order chi connectivity index (χ0) is 41.7. The number of sulfonamides is 1. The minimum atomic E-state index is -4.89. The quantitative estimate of drug-likeness (QED) is 0.261. The molecule has 57 heavy (non-hydrogen) atoms. The predicted octanol–water partition coefficient (Wildman–Crippen LogP) is 5.45. The molecule has 2 saturated carbocycles. The van der Waals surface area contributed by atoms with Crippen molar-refractivity contribution in [3.8, 4) is 11.5 Å². The second kappa shape index (κ2) is 15.6. The number of nitrogens with zero attached hydrogens (tertiary/aromatic N) is 1. The van der Waals surface area contributed by atoms with E-state index in [-0.39, 0.29) is 37.5 Å². The van der Waals surface area contributed by atoms with Crippen LogP contribution in [0.15, 0.2) is 30.4 Å². The Morgan fingerprint density at radius 3 is 2.39 bits per heavy atom.